The molecule has 1 saturated carbocycles. The summed E-state index contributed by atoms with van der Waals surface area (Å²) in [5.74, 6) is 0.835. The van der Waals surface area contributed by atoms with Gasteiger partial charge in [-0.15, -0.1) is 0 Å². The van der Waals surface area contributed by atoms with Gasteiger partial charge in [0.2, 0.25) is 0 Å². The Balaban J connectivity index is 1.87. The summed E-state index contributed by atoms with van der Waals surface area (Å²) in [6, 6.07) is 0. The van der Waals surface area contributed by atoms with Crippen LogP contribution in [0.25, 0.3) is 0 Å². The third kappa shape index (κ3) is 5.24. The topological polar surface area (TPSA) is 55.5 Å². The van der Waals surface area contributed by atoms with E-state index in [9.17, 15) is 0 Å². The first-order valence-electron chi connectivity index (χ1n) is 5.11. The second kappa shape index (κ2) is 4.94. The first-order valence-corrected chi connectivity index (χ1v) is 5.11. The molecule has 1 atom stereocenters. The van der Waals surface area contributed by atoms with Crippen molar-refractivity contribution in [1.82, 2.24) is 0 Å². The molecule has 1 aliphatic carbocycles. The van der Waals surface area contributed by atoms with Gasteiger partial charge in [0.1, 0.15) is 0 Å². The van der Waals surface area contributed by atoms with Crippen molar-refractivity contribution < 1.29 is 9.84 Å². The molecular formula is C10H21NO2. The van der Waals surface area contributed by atoms with E-state index in [4.69, 9.17) is 15.6 Å². The molecule has 3 N–H and O–H groups in total. The fourth-order valence-corrected chi connectivity index (χ4v) is 1.19. The third-order valence-corrected chi connectivity index (χ3v) is 2.45. The van der Waals surface area contributed by atoms with E-state index in [1.165, 1.54) is 12.8 Å². The van der Waals surface area contributed by atoms with E-state index in [1.54, 1.807) is 0 Å². The molecule has 0 heterocycles. The van der Waals surface area contributed by atoms with Crippen LogP contribution in [-0.4, -0.2) is 30.5 Å². The van der Waals surface area contributed by atoms with Gasteiger partial charge in [-0.3, -0.25) is 0 Å². The van der Waals surface area contributed by atoms with Gasteiger partial charge >= 0.3 is 0 Å². The van der Waals surface area contributed by atoms with Gasteiger partial charge in [-0.05, 0) is 38.5 Å². The Morgan fingerprint density at radius 1 is 1.54 bits per heavy atom. The van der Waals surface area contributed by atoms with Crippen LogP contribution in [0.2, 0.25) is 0 Å². The van der Waals surface area contributed by atoms with E-state index in [0.717, 1.165) is 32.0 Å². The maximum atomic E-state index is 8.88. The minimum atomic E-state index is -0.428. The Morgan fingerprint density at radius 2 is 2.23 bits per heavy atom. The number of hydrogen-bond donors (Lipinski definition) is 2. The van der Waals surface area contributed by atoms with E-state index >= 15 is 0 Å². The van der Waals surface area contributed by atoms with Crippen molar-refractivity contribution in [2.24, 2.45) is 11.7 Å². The lowest BCUT2D eigenvalue weighted by Crippen LogP contribution is -2.40. The number of nitrogens with two attached hydrogens (primary N) is 1. The molecule has 0 amide bonds. The highest BCUT2D eigenvalue weighted by molar-refractivity contribution is 4.76. The summed E-state index contributed by atoms with van der Waals surface area (Å²) in [7, 11) is 0. The molecule has 0 aromatic heterocycles. The molecule has 0 aliphatic heterocycles. The summed E-state index contributed by atoms with van der Waals surface area (Å²) in [4.78, 5) is 0. The smallest absolute Gasteiger partial charge is 0.0608 e. The van der Waals surface area contributed by atoms with Crippen LogP contribution in [0.5, 0.6) is 0 Å². The summed E-state index contributed by atoms with van der Waals surface area (Å²) < 4.78 is 5.46. The fraction of sp³-hybridized carbons (Fsp3) is 1.00. The van der Waals surface area contributed by atoms with Crippen LogP contribution in [0.3, 0.4) is 0 Å². The molecule has 0 spiro atoms. The Labute approximate surface area is 80.3 Å². The summed E-state index contributed by atoms with van der Waals surface area (Å²) in [6.07, 6.45) is 4.45. The highest BCUT2D eigenvalue weighted by Crippen LogP contribution is 2.28. The normalized spacial score (nSPS) is 21.5. The zero-order valence-electron chi connectivity index (χ0n) is 8.46. The van der Waals surface area contributed by atoms with Crippen LogP contribution in [-0.2, 0) is 4.74 Å². The van der Waals surface area contributed by atoms with E-state index in [0.29, 0.717) is 0 Å². The molecule has 13 heavy (non-hydrogen) atoms. The highest BCUT2D eigenvalue weighted by Gasteiger charge is 2.21. The molecule has 3 nitrogen and oxygen atoms in total. The molecule has 1 unspecified atom stereocenters. The second-order valence-corrected chi connectivity index (χ2v) is 4.43. The van der Waals surface area contributed by atoms with Crippen LogP contribution in [0.1, 0.15) is 32.6 Å². The number of ether oxygens (including phenoxy) is 1. The summed E-state index contributed by atoms with van der Waals surface area (Å²) in [5, 5.41) is 8.88. The summed E-state index contributed by atoms with van der Waals surface area (Å²) in [5.41, 5.74) is 5.34. The number of hydrogen-bond acceptors (Lipinski definition) is 3. The van der Waals surface area contributed by atoms with Crippen molar-refractivity contribution in [3.63, 3.8) is 0 Å². The van der Waals surface area contributed by atoms with Crippen molar-refractivity contribution in [3.05, 3.63) is 0 Å². The molecule has 78 valence electrons. The van der Waals surface area contributed by atoms with Crippen molar-refractivity contribution in [1.29, 1.82) is 0 Å². The largest absolute Gasteiger partial charge is 0.394 e. The zero-order valence-corrected chi connectivity index (χ0v) is 8.46. The Morgan fingerprint density at radius 3 is 2.77 bits per heavy atom. The monoisotopic (exact) mass is 187 g/mol. The van der Waals surface area contributed by atoms with Gasteiger partial charge in [0, 0.05) is 18.8 Å². The van der Waals surface area contributed by atoms with E-state index in [-0.39, 0.29) is 6.61 Å². The van der Waals surface area contributed by atoms with Crippen LogP contribution >= 0.6 is 0 Å². The molecule has 0 aromatic carbocycles. The number of aliphatic hydroxyl groups is 1. The second-order valence-electron chi connectivity index (χ2n) is 4.43. The van der Waals surface area contributed by atoms with Crippen molar-refractivity contribution >= 4 is 0 Å². The maximum Gasteiger partial charge on any atom is 0.0608 e. The minimum absolute atomic E-state index is 0.0512. The molecule has 0 bridgehead atoms. The SMILES string of the molecule is CC(N)(CO)CCCOCC1CC1. The molecule has 0 aromatic rings. The summed E-state index contributed by atoms with van der Waals surface area (Å²) >= 11 is 0. The van der Waals surface area contributed by atoms with Crippen molar-refractivity contribution in [3.8, 4) is 0 Å². The van der Waals surface area contributed by atoms with Gasteiger partial charge in [-0.2, -0.15) is 0 Å². The Kier molecular flexibility index (Phi) is 4.16. The molecule has 1 rings (SSSR count). The lowest BCUT2D eigenvalue weighted by Gasteiger charge is -2.21. The molecule has 0 saturated heterocycles. The van der Waals surface area contributed by atoms with Crippen LogP contribution in [0, 0.1) is 5.92 Å². The first-order chi connectivity index (χ1) is 6.14. The van der Waals surface area contributed by atoms with E-state index in [2.05, 4.69) is 0 Å². The molecular weight excluding hydrogens is 166 g/mol. The minimum Gasteiger partial charge on any atom is -0.394 e. The summed E-state index contributed by atoms with van der Waals surface area (Å²) in [6.45, 7) is 3.62. The van der Waals surface area contributed by atoms with Gasteiger partial charge in [0.15, 0.2) is 0 Å². The standard InChI is InChI=1S/C10H21NO2/c1-10(11,8-12)5-2-6-13-7-9-3-4-9/h9,12H,2-8,11H2,1H3. The first kappa shape index (κ1) is 11.0. The van der Waals surface area contributed by atoms with Crippen molar-refractivity contribution in [2.45, 2.75) is 38.1 Å². The molecule has 1 fully saturated rings. The van der Waals surface area contributed by atoms with E-state index < -0.39 is 5.54 Å². The van der Waals surface area contributed by atoms with Crippen molar-refractivity contribution in [2.75, 3.05) is 19.8 Å². The highest BCUT2D eigenvalue weighted by atomic mass is 16.5. The van der Waals surface area contributed by atoms with Gasteiger partial charge in [0.05, 0.1) is 6.61 Å². The predicted octanol–water partition coefficient (Wildman–Crippen LogP) is 0.903. The fourth-order valence-electron chi connectivity index (χ4n) is 1.19. The average Bonchev–Trinajstić information content (AvgIpc) is 2.87. The predicted molar refractivity (Wildman–Crippen MR) is 52.5 cm³/mol. The van der Waals surface area contributed by atoms with Gasteiger partial charge < -0.3 is 15.6 Å². The van der Waals surface area contributed by atoms with Gasteiger partial charge in [-0.1, -0.05) is 0 Å². The van der Waals surface area contributed by atoms with Gasteiger partial charge in [0.25, 0.3) is 0 Å². The lowest BCUT2D eigenvalue weighted by atomic mass is 9.99. The lowest BCUT2D eigenvalue weighted by molar-refractivity contribution is 0.110. The van der Waals surface area contributed by atoms with Crippen LogP contribution < -0.4 is 5.73 Å². The quantitative estimate of drug-likeness (QED) is 0.582. The molecule has 0 radical (unpaired) electrons. The Bertz CT molecular complexity index is 144. The number of rotatable bonds is 7. The number of aliphatic hydroxyl groups excluding tert-OH is 1. The van der Waals surface area contributed by atoms with Crippen LogP contribution in [0.15, 0.2) is 0 Å². The Hall–Kier alpha value is -0.120. The third-order valence-electron chi connectivity index (χ3n) is 2.45. The molecule has 1 aliphatic rings. The van der Waals surface area contributed by atoms with Gasteiger partial charge in [-0.25, -0.2) is 0 Å². The molecule has 3 heteroatoms. The zero-order chi connectivity index (χ0) is 9.73. The average molecular weight is 187 g/mol. The van der Waals surface area contributed by atoms with E-state index in [1.807, 2.05) is 6.92 Å². The maximum absolute atomic E-state index is 8.88. The van der Waals surface area contributed by atoms with Crippen LogP contribution in [0.4, 0.5) is 0 Å².